The highest BCUT2D eigenvalue weighted by atomic mass is 32.2. The minimum Gasteiger partial charge on any atom is -0.387 e. The Balaban J connectivity index is 1.81. The van der Waals surface area contributed by atoms with E-state index in [0.29, 0.717) is 11.0 Å². The number of halogens is 3. The molecule has 4 rings (SSSR count). The molecule has 1 N–H and O–H groups in total. The summed E-state index contributed by atoms with van der Waals surface area (Å²) in [5.41, 5.74) is -5.84. The van der Waals surface area contributed by atoms with Gasteiger partial charge in [-0.15, -0.1) is 0 Å². The highest BCUT2D eigenvalue weighted by Gasteiger charge is 2.80. The number of benzene rings is 1. The average Bonchev–Trinajstić information content (AvgIpc) is 3.15. The molecule has 2 bridgehead atoms. The van der Waals surface area contributed by atoms with Crippen LogP contribution >= 0.6 is 0 Å². The zero-order chi connectivity index (χ0) is 24.0. The van der Waals surface area contributed by atoms with Crippen molar-refractivity contribution in [2.24, 2.45) is 11.8 Å². The minimum absolute atomic E-state index is 0.401. The number of hydrogen-bond acceptors (Lipinski definition) is 8. The van der Waals surface area contributed by atoms with Crippen LogP contribution in [0, 0.1) is 23.2 Å². The quantitative estimate of drug-likeness (QED) is 0.506. The lowest BCUT2D eigenvalue weighted by molar-refractivity contribution is -0.138. The topological polar surface area (TPSA) is 134 Å². The Morgan fingerprint density at radius 2 is 1.75 bits per heavy atom. The Labute approximate surface area is 180 Å². The van der Waals surface area contributed by atoms with Gasteiger partial charge >= 0.3 is 6.18 Å². The molecule has 1 aromatic rings. The van der Waals surface area contributed by atoms with Crippen molar-refractivity contribution in [3.05, 3.63) is 29.3 Å². The van der Waals surface area contributed by atoms with E-state index in [1.807, 2.05) is 0 Å². The maximum atomic E-state index is 13.4. The highest BCUT2D eigenvalue weighted by Crippen LogP contribution is 2.62. The second-order valence-electron chi connectivity index (χ2n) is 8.44. The molecule has 1 aromatic carbocycles. The summed E-state index contributed by atoms with van der Waals surface area (Å²) in [6.45, 7) is 2.64. The van der Waals surface area contributed by atoms with Gasteiger partial charge in [0.05, 0.1) is 41.0 Å². The summed E-state index contributed by atoms with van der Waals surface area (Å²) in [5, 5.41) is 19.7. The van der Waals surface area contributed by atoms with Crippen LogP contribution in [0.3, 0.4) is 0 Å². The van der Waals surface area contributed by atoms with Gasteiger partial charge in [0.1, 0.15) is 23.4 Å². The number of fused-ring (bicyclic) bond motifs is 5. The molecular weight excluding hydrogens is 457 g/mol. The number of aliphatic hydroxyl groups is 1. The summed E-state index contributed by atoms with van der Waals surface area (Å²) in [6, 6.07) is 3.84. The molecule has 3 aliphatic rings. The van der Waals surface area contributed by atoms with Crippen LogP contribution < -0.4 is 4.90 Å². The third kappa shape index (κ3) is 2.90. The van der Waals surface area contributed by atoms with Crippen LogP contribution in [0.2, 0.25) is 0 Å². The van der Waals surface area contributed by atoms with Gasteiger partial charge in [-0.1, -0.05) is 0 Å². The zero-order valence-electron chi connectivity index (χ0n) is 16.9. The first-order valence-electron chi connectivity index (χ1n) is 9.32. The van der Waals surface area contributed by atoms with E-state index < -0.39 is 80.2 Å². The highest BCUT2D eigenvalue weighted by molar-refractivity contribution is 7.86. The van der Waals surface area contributed by atoms with Gasteiger partial charge in [0.2, 0.25) is 11.8 Å². The maximum Gasteiger partial charge on any atom is 0.417 e. The van der Waals surface area contributed by atoms with Crippen molar-refractivity contribution in [2.75, 3.05) is 11.2 Å². The number of imide groups is 1. The molecule has 0 aliphatic carbocycles. The van der Waals surface area contributed by atoms with E-state index in [0.717, 1.165) is 18.4 Å². The van der Waals surface area contributed by atoms with Crippen LogP contribution in [0.5, 0.6) is 0 Å². The van der Waals surface area contributed by atoms with Gasteiger partial charge < -0.3 is 9.84 Å². The Morgan fingerprint density at radius 3 is 2.25 bits per heavy atom. The number of carbonyl (C=O) groups excluding carboxylic acids is 2. The fraction of sp³-hybridized carbons (Fsp3) is 0.526. The van der Waals surface area contributed by atoms with Crippen molar-refractivity contribution in [3.8, 4) is 6.07 Å². The van der Waals surface area contributed by atoms with E-state index in [9.17, 15) is 36.3 Å². The van der Waals surface area contributed by atoms with Crippen molar-refractivity contribution in [2.45, 2.75) is 43.4 Å². The van der Waals surface area contributed by atoms with E-state index in [2.05, 4.69) is 0 Å². The molecule has 2 unspecified atom stereocenters. The standard InChI is InChI=1S/C19H17F3N2O7S/c1-17-11-12(18(2,31-17)14(13(17)25)30-32(3,28)29)16(27)24(15(11)26)9-5-4-8(7-23)10(6-9)19(20,21)22/h4-6,11-14,25H,1-3H3/t11-,12+,13-,14-,17?,18?/m1/s1. The average molecular weight is 474 g/mol. The van der Waals surface area contributed by atoms with Gasteiger partial charge in [0, 0.05) is 0 Å². The van der Waals surface area contributed by atoms with Crippen LogP contribution in [0.1, 0.15) is 25.0 Å². The van der Waals surface area contributed by atoms with Gasteiger partial charge in [-0.25, -0.2) is 4.90 Å². The lowest BCUT2D eigenvalue weighted by atomic mass is 9.66. The van der Waals surface area contributed by atoms with Crippen LogP contribution in [0.15, 0.2) is 18.2 Å². The van der Waals surface area contributed by atoms with E-state index in [1.165, 1.54) is 19.9 Å². The molecule has 9 nitrogen and oxygen atoms in total. The summed E-state index contributed by atoms with van der Waals surface area (Å²) in [7, 11) is -4.09. The number of rotatable bonds is 3. The van der Waals surface area contributed by atoms with Crippen LogP contribution in [-0.4, -0.2) is 55.0 Å². The monoisotopic (exact) mass is 474 g/mol. The molecule has 3 saturated heterocycles. The molecular formula is C19H17F3N2O7S. The smallest absolute Gasteiger partial charge is 0.387 e. The van der Waals surface area contributed by atoms with Crippen LogP contribution in [0.4, 0.5) is 18.9 Å². The van der Waals surface area contributed by atoms with Crippen molar-refractivity contribution in [3.63, 3.8) is 0 Å². The number of aliphatic hydroxyl groups excluding tert-OH is 1. The minimum atomic E-state index is -4.91. The van der Waals surface area contributed by atoms with E-state index in [4.69, 9.17) is 14.2 Å². The van der Waals surface area contributed by atoms with Crippen LogP contribution in [0.25, 0.3) is 0 Å². The Bertz CT molecular complexity index is 1190. The molecule has 2 amide bonds. The van der Waals surface area contributed by atoms with Crippen LogP contribution in [-0.2, 0) is 34.8 Å². The fourth-order valence-corrected chi connectivity index (χ4v) is 5.79. The Hall–Kier alpha value is -2.53. The molecule has 0 spiro atoms. The number of nitriles is 1. The summed E-state index contributed by atoms with van der Waals surface area (Å²) in [5.74, 6) is -4.40. The normalized spacial score (nSPS) is 36.5. The van der Waals surface area contributed by atoms with Crippen molar-refractivity contribution in [1.82, 2.24) is 0 Å². The summed E-state index contributed by atoms with van der Waals surface area (Å²) in [4.78, 5) is 27.0. The number of ether oxygens (including phenoxy) is 1. The second-order valence-corrected chi connectivity index (χ2v) is 10.0. The Kier molecular flexibility index (Phi) is 4.61. The molecule has 3 aliphatic heterocycles. The Morgan fingerprint density at radius 1 is 1.19 bits per heavy atom. The first-order valence-corrected chi connectivity index (χ1v) is 11.1. The van der Waals surface area contributed by atoms with Crippen molar-refractivity contribution >= 4 is 27.6 Å². The van der Waals surface area contributed by atoms with Gasteiger partial charge in [-0.05, 0) is 32.0 Å². The number of alkyl halides is 3. The summed E-state index contributed by atoms with van der Waals surface area (Å²) in [6.07, 6.45) is -7.27. The van der Waals surface area contributed by atoms with Gasteiger partial charge in [0.25, 0.3) is 10.1 Å². The van der Waals surface area contributed by atoms with Gasteiger partial charge in [0.15, 0.2) is 0 Å². The number of hydrogen-bond donors (Lipinski definition) is 1. The van der Waals surface area contributed by atoms with Gasteiger partial charge in [-0.2, -0.15) is 26.9 Å². The molecule has 0 radical (unpaired) electrons. The largest absolute Gasteiger partial charge is 0.417 e. The lowest BCUT2D eigenvalue weighted by Crippen LogP contribution is -2.58. The number of anilines is 1. The molecule has 0 saturated carbocycles. The zero-order valence-corrected chi connectivity index (χ0v) is 17.7. The maximum absolute atomic E-state index is 13.4. The molecule has 6 atom stereocenters. The summed E-state index contributed by atoms with van der Waals surface area (Å²) >= 11 is 0. The lowest BCUT2D eigenvalue weighted by Gasteiger charge is -2.37. The number of carbonyl (C=O) groups is 2. The fourth-order valence-electron chi connectivity index (χ4n) is 5.11. The molecule has 32 heavy (non-hydrogen) atoms. The molecule has 3 heterocycles. The predicted molar refractivity (Wildman–Crippen MR) is 99.3 cm³/mol. The number of amides is 2. The molecule has 3 fully saturated rings. The molecule has 0 aromatic heterocycles. The van der Waals surface area contributed by atoms with E-state index >= 15 is 0 Å². The van der Waals surface area contributed by atoms with Crippen molar-refractivity contribution in [1.29, 1.82) is 5.26 Å². The number of nitrogens with zero attached hydrogens (tertiary/aromatic N) is 2. The first-order chi connectivity index (χ1) is 14.6. The first kappa shape index (κ1) is 22.7. The molecule has 172 valence electrons. The van der Waals surface area contributed by atoms with Crippen molar-refractivity contribution < 1.29 is 45.2 Å². The van der Waals surface area contributed by atoms with E-state index in [-0.39, 0.29) is 0 Å². The molecule has 13 heteroatoms. The predicted octanol–water partition coefficient (Wildman–Crippen LogP) is 0.950. The SMILES string of the molecule is CC12OC(C)([C@H](O)[C@H]1OS(C)(=O)=O)[C@H]1C(=O)N(c3ccc(C#N)c(C(F)(F)F)c3)C(=O)[C@H]12. The summed E-state index contributed by atoms with van der Waals surface area (Å²) < 4.78 is 74.3. The third-order valence-electron chi connectivity index (χ3n) is 6.39. The second kappa shape index (κ2) is 6.50. The van der Waals surface area contributed by atoms with E-state index in [1.54, 1.807) is 0 Å². The van der Waals surface area contributed by atoms with Gasteiger partial charge in [-0.3, -0.25) is 13.8 Å². The third-order valence-corrected chi connectivity index (χ3v) is 6.94.